The summed E-state index contributed by atoms with van der Waals surface area (Å²) < 4.78 is 0. The van der Waals surface area contributed by atoms with Crippen molar-refractivity contribution in [2.45, 2.75) is 20.8 Å². The molecule has 0 saturated heterocycles. The highest BCUT2D eigenvalue weighted by molar-refractivity contribution is 5.75. The maximum atomic E-state index is 9.96. The molecule has 0 heterocycles. The molecule has 0 amide bonds. The maximum Gasteiger partial charge on any atom is 0.123 e. The first kappa shape index (κ1) is 10.7. The molecule has 0 saturated carbocycles. The molecule has 0 aromatic heterocycles. The van der Waals surface area contributed by atoms with Crippen LogP contribution < -0.4 is 0 Å². The van der Waals surface area contributed by atoms with Gasteiger partial charge < -0.3 is 5.11 Å². The summed E-state index contributed by atoms with van der Waals surface area (Å²) in [5.74, 6) is 0.355. The lowest BCUT2D eigenvalue weighted by molar-refractivity contribution is 0.477. The molecule has 2 rings (SSSR count). The monoisotopic (exact) mass is 212 g/mol. The third-order valence-electron chi connectivity index (χ3n) is 3.02. The van der Waals surface area contributed by atoms with Gasteiger partial charge in [0, 0.05) is 5.56 Å². The second kappa shape index (κ2) is 4.01. The Morgan fingerprint density at radius 2 is 1.69 bits per heavy atom. The van der Waals surface area contributed by atoms with Crippen LogP contribution in [-0.2, 0) is 0 Å². The fourth-order valence-corrected chi connectivity index (χ4v) is 1.97. The van der Waals surface area contributed by atoms with Crippen LogP contribution in [0.2, 0.25) is 0 Å². The Morgan fingerprint density at radius 3 is 2.38 bits per heavy atom. The molecule has 1 N–H and O–H groups in total. The molecule has 82 valence electrons. The van der Waals surface area contributed by atoms with Crippen LogP contribution in [-0.4, -0.2) is 5.11 Å². The molecule has 0 spiro atoms. The van der Waals surface area contributed by atoms with Gasteiger partial charge in [-0.25, -0.2) is 0 Å². The molecular formula is C15H16O. The Labute approximate surface area is 96.4 Å². The minimum atomic E-state index is 0.355. The van der Waals surface area contributed by atoms with E-state index in [0.717, 1.165) is 16.7 Å². The van der Waals surface area contributed by atoms with E-state index in [1.807, 2.05) is 25.1 Å². The lowest BCUT2D eigenvalue weighted by Crippen LogP contribution is -1.88. The van der Waals surface area contributed by atoms with Gasteiger partial charge in [-0.3, -0.25) is 0 Å². The molecular weight excluding hydrogens is 196 g/mol. The van der Waals surface area contributed by atoms with E-state index in [2.05, 4.69) is 26.0 Å². The van der Waals surface area contributed by atoms with Crippen molar-refractivity contribution in [1.29, 1.82) is 0 Å². The average molecular weight is 212 g/mol. The van der Waals surface area contributed by atoms with Crippen LogP contribution in [0.4, 0.5) is 0 Å². The Morgan fingerprint density at radius 1 is 0.938 bits per heavy atom. The van der Waals surface area contributed by atoms with Crippen molar-refractivity contribution >= 4 is 0 Å². The van der Waals surface area contributed by atoms with E-state index in [9.17, 15) is 5.11 Å². The zero-order valence-electron chi connectivity index (χ0n) is 9.91. The largest absolute Gasteiger partial charge is 0.507 e. The second-order valence-corrected chi connectivity index (χ2v) is 4.27. The number of hydrogen-bond acceptors (Lipinski definition) is 1. The molecule has 0 fully saturated rings. The third kappa shape index (κ3) is 1.81. The van der Waals surface area contributed by atoms with Gasteiger partial charge in [-0.05, 0) is 43.5 Å². The van der Waals surface area contributed by atoms with Gasteiger partial charge in [0.25, 0.3) is 0 Å². The second-order valence-electron chi connectivity index (χ2n) is 4.27. The molecule has 2 aromatic carbocycles. The van der Waals surface area contributed by atoms with E-state index in [4.69, 9.17) is 0 Å². The standard InChI is InChI=1S/C15H16O/c1-10-5-4-6-13(9-10)15-12(3)11(2)7-8-14(15)16/h4-9,16H,1-3H3. The van der Waals surface area contributed by atoms with Crippen molar-refractivity contribution in [3.05, 3.63) is 53.1 Å². The minimum Gasteiger partial charge on any atom is -0.507 e. The summed E-state index contributed by atoms with van der Waals surface area (Å²) in [7, 11) is 0. The SMILES string of the molecule is Cc1cccc(-c2c(O)ccc(C)c2C)c1. The van der Waals surface area contributed by atoms with E-state index in [1.54, 1.807) is 6.07 Å². The molecule has 0 aliphatic carbocycles. The third-order valence-corrected chi connectivity index (χ3v) is 3.02. The van der Waals surface area contributed by atoms with Gasteiger partial charge in [-0.1, -0.05) is 35.9 Å². The molecule has 2 aromatic rings. The summed E-state index contributed by atoms with van der Waals surface area (Å²) in [6.45, 7) is 6.17. The quantitative estimate of drug-likeness (QED) is 0.758. The van der Waals surface area contributed by atoms with E-state index in [1.165, 1.54) is 11.1 Å². The zero-order chi connectivity index (χ0) is 11.7. The number of benzene rings is 2. The van der Waals surface area contributed by atoms with Gasteiger partial charge in [-0.2, -0.15) is 0 Å². The summed E-state index contributed by atoms with van der Waals surface area (Å²) in [5.41, 5.74) is 5.58. The van der Waals surface area contributed by atoms with Gasteiger partial charge in [0.05, 0.1) is 0 Å². The molecule has 16 heavy (non-hydrogen) atoms. The molecule has 0 unspecified atom stereocenters. The summed E-state index contributed by atoms with van der Waals surface area (Å²) in [6, 6.07) is 11.9. The first-order valence-electron chi connectivity index (χ1n) is 5.46. The smallest absolute Gasteiger partial charge is 0.123 e. The average Bonchev–Trinajstić information content (AvgIpc) is 2.24. The predicted molar refractivity (Wildman–Crippen MR) is 67.8 cm³/mol. The fourth-order valence-electron chi connectivity index (χ4n) is 1.97. The van der Waals surface area contributed by atoms with Crippen molar-refractivity contribution < 1.29 is 5.11 Å². The van der Waals surface area contributed by atoms with Crippen molar-refractivity contribution in [3.63, 3.8) is 0 Å². The first-order valence-corrected chi connectivity index (χ1v) is 5.46. The highest BCUT2D eigenvalue weighted by Gasteiger charge is 2.09. The Balaban J connectivity index is 2.68. The van der Waals surface area contributed by atoms with Crippen LogP contribution in [0.15, 0.2) is 36.4 Å². The van der Waals surface area contributed by atoms with Crippen molar-refractivity contribution in [3.8, 4) is 16.9 Å². The lowest BCUT2D eigenvalue weighted by Gasteiger charge is -2.11. The van der Waals surface area contributed by atoms with Crippen LogP contribution >= 0.6 is 0 Å². The molecule has 1 nitrogen and oxygen atoms in total. The van der Waals surface area contributed by atoms with E-state index < -0.39 is 0 Å². The Bertz CT molecular complexity index is 527. The van der Waals surface area contributed by atoms with Crippen LogP contribution in [0.1, 0.15) is 16.7 Å². The number of rotatable bonds is 1. The number of aryl methyl sites for hydroxylation is 2. The van der Waals surface area contributed by atoms with Gasteiger partial charge in [0.2, 0.25) is 0 Å². The van der Waals surface area contributed by atoms with Crippen molar-refractivity contribution in [2.75, 3.05) is 0 Å². The fraction of sp³-hybridized carbons (Fsp3) is 0.200. The van der Waals surface area contributed by atoms with Crippen molar-refractivity contribution in [2.24, 2.45) is 0 Å². The maximum absolute atomic E-state index is 9.96. The molecule has 0 atom stereocenters. The number of phenols is 1. The van der Waals surface area contributed by atoms with Gasteiger partial charge in [0.1, 0.15) is 5.75 Å². The van der Waals surface area contributed by atoms with E-state index >= 15 is 0 Å². The van der Waals surface area contributed by atoms with Crippen LogP contribution in [0.25, 0.3) is 11.1 Å². The topological polar surface area (TPSA) is 20.2 Å². The van der Waals surface area contributed by atoms with E-state index in [-0.39, 0.29) is 0 Å². The Hall–Kier alpha value is -1.76. The van der Waals surface area contributed by atoms with E-state index in [0.29, 0.717) is 5.75 Å². The number of phenolic OH excluding ortho intramolecular Hbond substituents is 1. The van der Waals surface area contributed by atoms with Crippen LogP contribution in [0.5, 0.6) is 5.75 Å². The summed E-state index contributed by atoms with van der Waals surface area (Å²) in [5, 5.41) is 9.96. The van der Waals surface area contributed by atoms with Gasteiger partial charge in [0.15, 0.2) is 0 Å². The molecule has 1 heteroatoms. The van der Waals surface area contributed by atoms with Crippen LogP contribution in [0, 0.1) is 20.8 Å². The zero-order valence-corrected chi connectivity index (χ0v) is 9.91. The summed E-state index contributed by atoms with van der Waals surface area (Å²) in [6.07, 6.45) is 0. The first-order chi connectivity index (χ1) is 7.59. The molecule has 0 aliphatic heterocycles. The van der Waals surface area contributed by atoms with Crippen molar-refractivity contribution in [1.82, 2.24) is 0 Å². The molecule has 0 bridgehead atoms. The minimum absolute atomic E-state index is 0.355. The molecule has 0 radical (unpaired) electrons. The summed E-state index contributed by atoms with van der Waals surface area (Å²) >= 11 is 0. The van der Waals surface area contributed by atoms with Crippen LogP contribution in [0.3, 0.4) is 0 Å². The predicted octanol–water partition coefficient (Wildman–Crippen LogP) is 3.98. The summed E-state index contributed by atoms with van der Waals surface area (Å²) in [4.78, 5) is 0. The Kier molecular flexibility index (Phi) is 2.69. The highest BCUT2D eigenvalue weighted by Crippen LogP contribution is 2.34. The number of aromatic hydroxyl groups is 1. The normalized spacial score (nSPS) is 10.4. The lowest BCUT2D eigenvalue weighted by atomic mass is 9.95. The number of hydrogen-bond donors (Lipinski definition) is 1. The highest BCUT2D eigenvalue weighted by atomic mass is 16.3. The molecule has 0 aliphatic rings. The van der Waals surface area contributed by atoms with Gasteiger partial charge >= 0.3 is 0 Å². The van der Waals surface area contributed by atoms with Gasteiger partial charge in [-0.15, -0.1) is 0 Å².